The highest BCUT2D eigenvalue weighted by Crippen LogP contribution is 2.61. The number of rotatable bonds is 1. The summed E-state index contributed by atoms with van der Waals surface area (Å²) in [5.41, 5.74) is 1.97. The summed E-state index contributed by atoms with van der Waals surface area (Å²) < 4.78 is 0. The van der Waals surface area contributed by atoms with Gasteiger partial charge in [-0.2, -0.15) is 0 Å². The van der Waals surface area contributed by atoms with E-state index in [2.05, 4.69) is 49.1 Å². The standard InChI is InChI=1S/C13H17N/c1-13(2)11-8-9-14(12(11)13)10-6-4-3-5-7-10/h3-7,11-12H,8-9H2,1-2H3. The van der Waals surface area contributed by atoms with Crippen molar-refractivity contribution in [3.05, 3.63) is 30.3 Å². The predicted octanol–water partition coefficient (Wildman–Crippen LogP) is 2.92. The SMILES string of the molecule is CC1(C)C2CCN(c3ccccc3)C21. The summed E-state index contributed by atoms with van der Waals surface area (Å²) in [6.07, 6.45) is 1.38. The molecule has 2 fully saturated rings. The lowest BCUT2D eigenvalue weighted by molar-refractivity contribution is 0.502. The highest BCUT2D eigenvalue weighted by atomic mass is 15.3. The van der Waals surface area contributed by atoms with Gasteiger partial charge in [0, 0.05) is 18.3 Å². The Morgan fingerprint density at radius 3 is 2.50 bits per heavy atom. The number of hydrogen-bond acceptors (Lipinski definition) is 1. The third-order valence-electron chi connectivity index (χ3n) is 4.09. The van der Waals surface area contributed by atoms with Crippen LogP contribution >= 0.6 is 0 Å². The van der Waals surface area contributed by atoms with Crippen LogP contribution in [0.2, 0.25) is 0 Å². The zero-order chi connectivity index (χ0) is 9.76. The van der Waals surface area contributed by atoms with Crippen molar-refractivity contribution < 1.29 is 0 Å². The van der Waals surface area contributed by atoms with Crippen LogP contribution < -0.4 is 4.90 Å². The van der Waals surface area contributed by atoms with Gasteiger partial charge in [0.1, 0.15) is 0 Å². The van der Waals surface area contributed by atoms with Gasteiger partial charge in [-0.05, 0) is 29.9 Å². The molecule has 2 unspecified atom stereocenters. The minimum Gasteiger partial charge on any atom is -0.368 e. The van der Waals surface area contributed by atoms with Crippen LogP contribution in [0.5, 0.6) is 0 Å². The number of para-hydroxylation sites is 1. The van der Waals surface area contributed by atoms with Crippen molar-refractivity contribution in [3.63, 3.8) is 0 Å². The van der Waals surface area contributed by atoms with Crippen LogP contribution in [0.4, 0.5) is 5.69 Å². The van der Waals surface area contributed by atoms with E-state index < -0.39 is 0 Å². The van der Waals surface area contributed by atoms with Crippen LogP contribution in [0, 0.1) is 11.3 Å². The van der Waals surface area contributed by atoms with Gasteiger partial charge in [0.2, 0.25) is 0 Å². The van der Waals surface area contributed by atoms with E-state index in [-0.39, 0.29) is 0 Å². The van der Waals surface area contributed by atoms with Gasteiger partial charge < -0.3 is 4.90 Å². The average Bonchev–Trinajstić information content (AvgIpc) is 2.63. The maximum Gasteiger partial charge on any atom is 0.0379 e. The lowest BCUT2D eigenvalue weighted by Gasteiger charge is -2.24. The Hall–Kier alpha value is -0.980. The molecule has 2 atom stereocenters. The monoisotopic (exact) mass is 187 g/mol. The maximum absolute atomic E-state index is 2.59. The Bertz CT molecular complexity index is 342. The molecule has 1 heteroatoms. The zero-order valence-electron chi connectivity index (χ0n) is 8.90. The fourth-order valence-corrected chi connectivity index (χ4v) is 3.19. The van der Waals surface area contributed by atoms with Gasteiger partial charge in [-0.1, -0.05) is 32.0 Å². The topological polar surface area (TPSA) is 3.24 Å². The number of hydrogen-bond donors (Lipinski definition) is 0. The number of anilines is 1. The molecule has 14 heavy (non-hydrogen) atoms. The summed E-state index contributed by atoms with van der Waals surface area (Å²) >= 11 is 0. The molecule has 1 aliphatic heterocycles. The number of fused-ring (bicyclic) bond motifs is 1. The molecule has 0 N–H and O–H groups in total. The normalized spacial score (nSPS) is 32.9. The van der Waals surface area contributed by atoms with Crippen molar-refractivity contribution in [2.24, 2.45) is 11.3 Å². The van der Waals surface area contributed by atoms with Gasteiger partial charge in [-0.25, -0.2) is 0 Å². The van der Waals surface area contributed by atoms with E-state index in [1.54, 1.807) is 0 Å². The molecule has 3 rings (SSSR count). The van der Waals surface area contributed by atoms with Crippen molar-refractivity contribution in [2.75, 3.05) is 11.4 Å². The van der Waals surface area contributed by atoms with E-state index in [4.69, 9.17) is 0 Å². The van der Waals surface area contributed by atoms with Gasteiger partial charge in [-0.15, -0.1) is 0 Å². The summed E-state index contributed by atoms with van der Waals surface area (Å²) in [5, 5.41) is 0. The Balaban J connectivity index is 1.89. The summed E-state index contributed by atoms with van der Waals surface area (Å²) in [6.45, 7) is 6.05. The predicted molar refractivity (Wildman–Crippen MR) is 59.5 cm³/mol. The van der Waals surface area contributed by atoms with Crippen molar-refractivity contribution in [1.29, 1.82) is 0 Å². The van der Waals surface area contributed by atoms with Crippen LogP contribution in [-0.2, 0) is 0 Å². The fourth-order valence-electron chi connectivity index (χ4n) is 3.19. The first-order valence-electron chi connectivity index (χ1n) is 5.53. The average molecular weight is 187 g/mol. The summed E-state index contributed by atoms with van der Waals surface area (Å²) in [5.74, 6) is 0.947. The summed E-state index contributed by atoms with van der Waals surface area (Å²) in [6, 6.07) is 11.6. The third kappa shape index (κ3) is 0.956. The van der Waals surface area contributed by atoms with Crippen LogP contribution in [0.25, 0.3) is 0 Å². The minimum absolute atomic E-state index is 0.564. The minimum atomic E-state index is 0.564. The summed E-state index contributed by atoms with van der Waals surface area (Å²) in [4.78, 5) is 2.59. The van der Waals surface area contributed by atoms with E-state index in [1.807, 2.05) is 0 Å². The molecule has 1 aromatic rings. The first kappa shape index (κ1) is 8.34. The molecule has 0 radical (unpaired) electrons. The molecule has 0 spiro atoms. The second-order valence-corrected chi connectivity index (χ2v) is 5.19. The van der Waals surface area contributed by atoms with Crippen molar-refractivity contribution in [2.45, 2.75) is 26.3 Å². The van der Waals surface area contributed by atoms with E-state index >= 15 is 0 Å². The molecule has 1 aromatic carbocycles. The number of piperidine rings is 1. The van der Waals surface area contributed by atoms with Crippen molar-refractivity contribution >= 4 is 5.69 Å². The number of nitrogens with zero attached hydrogens (tertiary/aromatic N) is 1. The van der Waals surface area contributed by atoms with Gasteiger partial charge in [0.05, 0.1) is 0 Å². The Kier molecular flexibility index (Phi) is 1.51. The summed E-state index contributed by atoms with van der Waals surface area (Å²) in [7, 11) is 0. The highest BCUT2D eigenvalue weighted by Gasteiger charge is 2.63. The van der Waals surface area contributed by atoms with Gasteiger partial charge in [0.15, 0.2) is 0 Å². The van der Waals surface area contributed by atoms with Crippen LogP contribution in [-0.4, -0.2) is 12.6 Å². The first-order valence-corrected chi connectivity index (χ1v) is 5.53. The zero-order valence-corrected chi connectivity index (χ0v) is 8.90. The van der Waals surface area contributed by atoms with Crippen LogP contribution in [0.1, 0.15) is 20.3 Å². The molecule has 1 saturated heterocycles. The van der Waals surface area contributed by atoms with E-state index in [0.29, 0.717) is 5.41 Å². The molecule has 1 aliphatic carbocycles. The van der Waals surface area contributed by atoms with Crippen molar-refractivity contribution in [3.8, 4) is 0 Å². The molecular formula is C13H17N. The van der Waals surface area contributed by atoms with Gasteiger partial charge in [0.25, 0.3) is 0 Å². The second kappa shape index (κ2) is 2.53. The van der Waals surface area contributed by atoms with E-state index in [9.17, 15) is 0 Å². The van der Waals surface area contributed by atoms with Crippen LogP contribution in [0.15, 0.2) is 30.3 Å². The second-order valence-electron chi connectivity index (χ2n) is 5.19. The Morgan fingerprint density at radius 2 is 1.93 bits per heavy atom. The van der Waals surface area contributed by atoms with Crippen molar-refractivity contribution in [1.82, 2.24) is 0 Å². The maximum atomic E-state index is 2.59. The Labute approximate surface area is 85.7 Å². The molecule has 1 nitrogen and oxygen atoms in total. The van der Waals surface area contributed by atoms with E-state index in [1.165, 1.54) is 18.7 Å². The highest BCUT2D eigenvalue weighted by molar-refractivity contribution is 5.52. The van der Waals surface area contributed by atoms with Gasteiger partial charge in [-0.3, -0.25) is 0 Å². The smallest absolute Gasteiger partial charge is 0.0379 e. The van der Waals surface area contributed by atoms with Gasteiger partial charge >= 0.3 is 0 Å². The quantitative estimate of drug-likeness (QED) is 0.653. The Morgan fingerprint density at radius 1 is 1.21 bits per heavy atom. The third-order valence-corrected chi connectivity index (χ3v) is 4.09. The molecular weight excluding hydrogens is 170 g/mol. The number of benzene rings is 1. The molecule has 0 bridgehead atoms. The lowest BCUT2D eigenvalue weighted by Crippen LogP contribution is -2.27. The van der Waals surface area contributed by atoms with E-state index in [0.717, 1.165) is 12.0 Å². The molecule has 2 aliphatic rings. The molecule has 0 amide bonds. The lowest BCUT2D eigenvalue weighted by atomic mass is 10.1. The molecule has 1 saturated carbocycles. The largest absolute Gasteiger partial charge is 0.368 e. The molecule has 74 valence electrons. The molecule has 0 aromatic heterocycles. The first-order chi connectivity index (χ1) is 6.71. The fraction of sp³-hybridized carbons (Fsp3) is 0.538. The molecule has 1 heterocycles. The van der Waals surface area contributed by atoms with Crippen LogP contribution in [0.3, 0.4) is 0 Å².